The first-order chi connectivity index (χ1) is 16.5. The molecule has 8 heteroatoms. The predicted octanol–water partition coefficient (Wildman–Crippen LogP) is 5.14. The molecule has 0 aliphatic carbocycles. The lowest BCUT2D eigenvalue weighted by Gasteiger charge is -2.37. The lowest BCUT2D eigenvalue weighted by Crippen LogP contribution is -2.46. The van der Waals surface area contributed by atoms with Gasteiger partial charge in [0.25, 0.3) is 5.89 Å². The van der Waals surface area contributed by atoms with Gasteiger partial charge in [0.2, 0.25) is 5.82 Å². The van der Waals surface area contributed by atoms with Crippen LogP contribution in [0, 0.1) is 6.92 Å². The summed E-state index contributed by atoms with van der Waals surface area (Å²) < 4.78 is 16.7. The van der Waals surface area contributed by atoms with Crippen LogP contribution in [0.3, 0.4) is 0 Å². The van der Waals surface area contributed by atoms with Crippen LogP contribution in [0.5, 0.6) is 5.75 Å². The quantitative estimate of drug-likeness (QED) is 0.335. The smallest absolute Gasteiger partial charge is 0.258 e. The Bertz CT molecular complexity index is 1160. The molecule has 7 nitrogen and oxygen atoms in total. The van der Waals surface area contributed by atoms with Gasteiger partial charge >= 0.3 is 0 Å². The van der Waals surface area contributed by atoms with Crippen LogP contribution in [-0.4, -0.2) is 47.0 Å². The van der Waals surface area contributed by atoms with E-state index in [1.165, 1.54) is 5.56 Å². The van der Waals surface area contributed by atoms with E-state index in [-0.39, 0.29) is 6.04 Å². The molecule has 0 radical (unpaired) electrons. The van der Waals surface area contributed by atoms with Crippen molar-refractivity contribution in [2.24, 2.45) is 0 Å². The van der Waals surface area contributed by atoms with E-state index in [9.17, 15) is 0 Å². The lowest BCUT2D eigenvalue weighted by atomic mass is 9.94. The molecular formula is C26H30N4O3S. The predicted molar refractivity (Wildman–Crippen MR) is 136 cm³/mol. The minimum atomic E-state index is -0.229. The Morgan fingerprint density at radius 1 is 1.09 bits per heavy atom. The van der Waals surface area contributed by atoms with Crippen molar-refractivity contribution in [3.63, 3.8) is 0 Å². The molecule has 3 aromatic rings. The fourth-order valence-corrected chi connectivity index (χ4v) is 4.37. The summed E-state index contributed by atoms with van der Waals surface area (Å²) in [5.41, 5.74) is 5.01. The Balaban J connectivity index is 1.74. The van der Waals surface area contributed by atoms with E-state index in [0.717, 1.165) is 41.1 Å². The molecule has 2 aromatic carbocycles. The Kier molecular flexibility index (Phi) is 7.59. The van der Waals surface area contributed by atoms with E-state index in [0.29, 0.717) is 30.0 Å². The number of allylic oxidation sites excluding steroid dienone is 1. The summed E-state index contributed by atoms with van der Waals surface area (Å²) in [5.74, 6) is 1.85. The second-order valence-electron chi connectivity index (χ2n) is 8.17. The van der Waals surface area contributed by atoms with Gasteiger partial charge in [0.05, 0.1) is 18.2 Å². The SMILES string of the molecule is CCOc1ccc(C2NC(=S)N(CCCOC)C(C)=C2c2nc(-c3ccc(C)cc3)no2)cc1. The Morgan fingerprint density at radius 3 is 2.50 bits per heavy atom. The highest BCUT2D eigenvalue weighted by Gasteiger charge is 2.34. The number of aromatic nitrogens is 2. The molecule has 1 aliphatic rings. The van der Waals surface area contributed by atoms with Crippen LogP contribution in [0.25, 0.3) is 17.0 Å². The van der Waals surface area contributed by atoms with Crippen LogP contribution in [0.2, 0.25) is 0 Å². The molecule has 1 aromatic heterocycles. The highest BCUT2D eigenvalue weighted by Crippen LogP contribution is 2.38. The van der Waals surface area contributed by atoms with Crippen LogP contribution in [0.4, 0.5) is 0 Å². The summed E-state index contributed by atoms with van der Waals surface area (Å²) in [4.78, 5) is 6.84. The molecule has 2 heterocycles. The summed E-state index contributed by atoms with van der Waals surface area (Å²) in [6.07, 6.45) is 0.842. The number of hydrogen-bond donors (Lipinski definition) is 1. The van der Waals surface area contributed by atoms with E-state index in [1.807, 2.05) is 62.4 Å². The first kappa shape index (κ1) is 23.9. The van der Waals surface area contributed by atoms with E-state index >= 15 is 0 Å². The topological polar surface area (TPSA) is 72.7 Å². The van der Waals surface area contributed by atoms with Crippen LogP contribution in [0.1, 0.15) is 43.3 Å². The molecule has 1 atom stereocenters. The molecule has 0 spiro atoms. The molecule has 0 amide bonds. The third-order valence-electron chi connectivity index (χ3n) is 5.82. The number of rotatable bonds is 9. The normalized spacial score (nSPS) is 16.1. The molecule has 0 fully saturated rings. The Hall–Kier alpha value is -3.23. The zero-order valence-electron chi connectivity index (χ0n) is 20.0. The second kappa shape index (κ2) is 10.8. The number of ether oxygens (including phenoxy) is 2. The zero-order valence-corrected chi connectivity index (χ0v) is 20.8. The highest BCUT2D eigenvalue weighted by molar-refractivity contribution is 7.80. The van der Waals surface area contributed by atoms with E-state index in [2.05, 4.69) is 22.3 Å². The van der Waals surface area contributed by atoms with Gasteiger partial charge in [-0.15, -0.1) is 0 Å². The number of hydrogen-bond acceptors (Lipinski definition) is 6. The van der Waals surface area contributed by atoms with Gasteiger partial charge in [-0.1, -0.05) is 47.1 Å². The van der Waals surface area contributed by atoms with Gasteiger partial charge in [-0.25, -0.2) is 0 Å². The fourth-order valence-electron chi connectivity index (χ4n) is 4.02. The Morgan fingerprint density at radius 2 is 1.82 bits per heavy atom. The van der Waals surface area contributed by atoms with Crippen molar-refractivity contribution in [2.75, 3.05) is 26.9 Å². The average Bonchev–Trinajstić information content (AvgIpc) is 3.32. The standard InChI is InChI=1S/C26H30N4O3S/c1-5-32-21-13-11-19(12-14-21)23-22(18(3)30(26(34)27-23)15-6-16-31-4)25-28-24(29-33-25)20-9-7-17(2)8-10-20/h7-14,23H,5-6,15-16H2,1-4H3,(H,27,34). The van der Waals surface area contributed by atoms with Crippen molar-refractivity contribution in [3.8, 4) is 17.1 Å². The van der Waals surface area contributed by atoms with Gasteiger partial charge < -0.3 is 24.2 Å². The molecule has 1 N–H and O–H groups in total. The van der Waals surface area contributed by atoms with Gasteiger partial charge in [0, 0.05) is 31.5 Å². The Labute approximate surface area is 205 Å². The van der Waals surface area contributed by atoms with Crippen LogP contribution in [-0.2, 0) is 4.74 Å². The van der Waals surface area contributed by atoms with Crippen molar-refractivity contribution in [1.29, 1.82) is 0 Å². The van der Waals surface area contributed by atoms with E-state index in [1.54, 1.807) is 7.11 Å². The summed E-state index contributed by atoms with van der Waals surface area (Å²) >= 11 is 5.74. The van der Waals surface area contributed by atoms with Crippen LogP contribution < -0.4 is 10.1 Å². The molecule has 1 unspecified atom stereocenters. The van der Waals surface area contributed by atoms with Gasteiger partial charge in [0.15, 0.2) is 5.11 Å². The maximum Gasteiger partial charge on any atom is 0.258 e. The van der Waals surface area contributed by atoms with Gasteiger partial charge in [0.1, 0.15) is 5.75 Å². The largest absolute Gasteiger partial charge is 0.494 e. The summed E-state index contributed by atoms with van der Waals surface area (Å²) in [6.45, 7) is 8.07. The summed E-state index contributed by atoms with van der Waals surface area (Å²) in [6, 6.07) is 15.9. The van der Waals surface area contributed by atoms with Gasteiger partial charge in [-0.2, -0.15) is 4.98 Å². The first-order valence-electron chi connectivity index (χ1n) is 11.4. The number of benzene rings is 2. The third-order valence-corrected chi connectivity index (χ3v) is 6.16. The first-order valence-corrected chi connectivity index (χ1v) is 11.8. The van der Waals surface area contributed by atoms with Gasteiger partial charge in [-0.05, 0) is 57.1 Å². The highest BCUT2D eigenvalue weighted by atomic mass is 32.1. The van der Waals surface area contributed by atoms with Crippen molar-refractivity contribution in [2.45, 2.75) is 33.2 Å². The summed E-state index contributed by atoms with van der Waals surface area (Å²) in [7, 11) is 1.70. The fraction of sp³-hybridized carbons (Fsp3) is 0.346. The molecule has 0 bridgehead atoms. The number of methoxy groups -OCH3 is 1. The van der Waals surface area contributed by atoms with Crippen molar-refractivity contribution < 1.29 is 14.0 Å². The van der Waals surface area contributed by atoms with Crippen LogP contribution >= 0.6 is 12.2 Å². The molecular weight excluding hydrogens is 448 g/mol. The maximum atomic E-state index is 5.80. The number of aryl methyl sites for hydroxylation is 1. The number of thiocarbonyl (C=S) groups is 1. The minimum absolute atomic E-state index is 0.229. The third kappa shape index (κ3) is 5.13. The van der Waals surface area contributed by atoms with Crippen molar-refractivity contribution in [1.82, 2.24) is 20.4 Å². The zero-order chi connectivity index (χ0) is 24.1. The lowest BCUT2D eigenvalue weighted by molar-refractivity contribution is 0.188. The van der Waals surface area contributed by atoms with Crippen molar-refractivity contribution >= 4 is 22.9 Å². The second-order valence-corrected chi connectivity index (χ2v) is 8.56. The minimum Gasteiger partial charge on any atom is -0.494 e. The average molecular weight is 479 g/mol. The molecule has 0 saturated heterocycles. The molecule has 1 aliphatic heterocycles. The maximum absolute atomic E-state index is 5.80. The van der Waals surface area contributed by atoms with E-state index < -0.39 is 0 Å². The van der Waals surface area contributed by atoms with Crippen molar-refractivity contribution in [3.05, 3.63) is 71.2 Å². The van der Waals surface area contributed by atoms with Crippen LogP contribution in [0.15, 0.2) is 58.8 Å². The molecule has 178 valence electrons. The number of nitrogens with zero attached hydrogens (tertiary/aromatic N) is 3. The number of nitrogens with one attached hydrogen (secondary N) is 1. The molecule has 4 rings (SSSR count). The monoisotopic (exact) mass is 478 g/mol. The molecule has 0 saturated carbocycles. The van der Waals surface area contributed by atoms with Gasteiger partial charge in [-0.3, -0.25) is 0 Å². The summed E-state index contributed by atoms with van der Waals surface area (Å²) in [5, 5.41) is 8.42. The van der Waals surface area contributed by atoms with E-state index in [4.69, 9.17) is 31.2 Å². The molecule has 34 heavy (non-hydrogen) atoms.